The number of rotatable bonds is 8. The molecule has 3 aromatic rings. The molecule has 2 heterocycles. The molecule has 0 atom stereocenters. The zero-order chi connectivity index (χ0) is 23.4. The van der Waals surface area contributed by atoms with Crippen molar-refractivity contribution in [1.82, 2.24) is 14.7 Å². The third kappa shape index (κ3) is 5.38. The second-order valence-corrected chi connectivity index (χ2v) is 10.1. The number of thiocarbonyl (C=S) groups is 1. The van der Waals surface area contributed by atoms with Crippen LogP contribution in [0.2, 0.25) is 0 Å². The van der Waals surface area contributed by atoms with Gasteiger partial charge < -0.3 is 5.11 Å². The topological polar surface area (TPSA) is 75.4 Å². The molecule has 1 saturated heterocycles. The maximum Gasteiger partial charge on any atom is 0.323 e. The lowest BCUT2D eigenvalue weighted by atomic mass is 10.1. The Labute approximate surface area is 205 Å². The molecule has 6 nitrogen and oxygen atoms in total. The molecule has 0 spiro atoms. The first-order valence-electron chi connectivity index (χ1n) is 10.3. The standard InChI is InChI=1S/C24H21N3O3S3/c1-2-12-32-19-10-8-16(9-11-19)22-17(14-27(25-22)18-6-4-3-5-7-18)13-20-23(30)26(15-21(28)29)24(31)33-20/h3-11,13-14H,2,12,15H2,1H3,(H,28,29). The number of carboxylic acid groups (broad SMARTS) is 1. The van der Waals surface area contributed by atoms with Gasteiger partial charge in [-0.25, -0.2) is 4.68 Å². The Kier molecular flexibility index (Phi) is 7.32. The minimum absolute atomic E-state index is 0.239. The number of hydrogen-bond acceptors (Lipinski definition) is 6. The molecule has 1 aliphatic heterocycles. The van der Waals surface area contributed by atoms with Gasteiger partial charge in [0.1, 0.15) is 10.9 Å². The summed E-state index contributed by atoms with van der Waals surface area (Å²) in [6, 6.07) is 17.9. The molecule has 0 aliphatic carbocycles. The van der Waals surface area contributed by atoms with Crippen molar-refractivity contribution >= 4 is 58.0 Å². The van der Waals surface area contributed by atoms with E-state index < -0.39 is 18.4 Å². The van der Waals surface area contributed by atoms with Gasteiger partial charge in [-0.1, -0.05) is 61.2 Å². The second-order valence-electron chi connectivity index (χ2n) is 7.25. The van der Waals surface area contributed by atoms with Gasteiger partial charge in [-0.15, -0.1) is 11.8 Å². The van der Waals surface area contributed by atoms with Gasteiger partial charge in [0.2, 0.25) is 0 Å². The van der Waals surface area contributed by atoms with E-state index in [1.165, 1.54) is 4.90 Å². The van der Waals surface area contributed by atoms with Crippen LogP contribution in [0, 0.1) is 0 Å². The lowest BCUT2D eigenvalue weighted by molar-refractivity contribution is -0.140. The predicted octanol–water partition coefficient (Wildman–Crippen LogP) is 5.33. The fourth-order valence-electron chi connectivity index (χ4n) is 3.27. The lowest BCUT2D eigenvalue weighted by Crippen LogP contribution is -2.33. The van der Waals surface area contributed by atoms with Crippen molar-refractivity contribution in [3.63, 3.8) is 0 Å². The first-order valence-corrected chi connectivity index (χ1v) is 12.5. The van der Waals surface area contributed by atoms with Crippen LogP contribution in [-0.4, -0.2) is 48.3 Å². The first-order chi connectivity index (χ1) is 16.0. The molecule has 0 unspecified atom stereocenters. The maximum absolute atomic E-state index is 12.8. The fraction of sp³-hybridized carbons (Fsp3) is 0.167. The Morgan fingerprint density at radius 1 is 1.18 bits per heavy atom. The van der Waals surface area contributed by atoms with Crippen molar-refractivity contribution in [3.05, 3.63) is 71.3 Å². The van der Waals surface area contributed by atoms with E-state index in [9.17, 15) is 9.59 Å². The van der Waals surface area contributed by atoms with Crippen LogP contribution in [0.3, 0.4) is 0 Å². The van der Waals surface area contributed by atoms with Crippen LogP contribution in [0.25, 0.3) is 23.0 Å². The van der Waals surface area contributed by atoms with Crippen LogP contribution < -0.4 is 0 Å². The summed E-state index contributed by atoms with van der Waals surface area (Å²) < 4.78 is 2.02. The molecule has 33 heavy (non-hydrogen) atoms. The number of nitrogens with zero attached hydrogens (tertiary/aromatic N) is 3. The molecule has 9 heteroatoms. The van der Waals surface area contributed by atoms with E-state index in [1.54, 1.807) is 10.8 Å². The number of carbonyl (C=O) groups is 2. The summed E-state index contributed by atoms with van der Waals surface area (Å²) in [5.74, 6) is -0.450. The maximum atomic E-state index is 12.8. The average molecular weight is 496 g/mol. The minimum atomic E-state index is -1.11. The van der Waals surface area contributed by atoms with Gasteiger partial charge >= 0.3 is 5.97 Å². The fourth-order valence-corrected chi connectivity index (χ4v) is 5.29. The third-order valence-electron chi connectivity index (χ3n) is 4.82. The largest absolute Gasteiger partial charge is 0.480 e. The quantitative estimate of drug-likeness (QED) is 0.257. The number of aromatic nitrogens is 2. The number of carboxylic acids is 1. The molecule has 168 valence electrons. The zero-order valence-corrected chi connectivity index (χ0v) is 20.3. The Balaban J connectivity index is 1.73. The molecule has 1 amide bonds. The van der Waals surface area contributed by atoms with Crippen molar-refractivity contribution < 1.29 is 14.7 Å². The number of amides is 1. The van der Waals surface area contributed by atoms with Crippen LogP contribution in [0.15, 0.2) is 70.6 Å². The number of benzene rings is 2. The molecular formula is C24H21N3O3S3. The molecule has 4 rings (SSSR count). The van der Waals surface area contributed by atoms with Crippen molar-refractivity contribution in [2.24, 2.45) is 0 Å². The smallest absolute Gasteiger partial charge is 0.323 e. The molecular weight excluding hydrogens is 474 g/mol. The number of aliphatic carboxylic acids is 1. The SMILES string of the molecule is CCCSc1ccc(-c2nn(-c3ccccc3)cc2C=C2SC(=S)N(CC(=O)O)C2=O)cc1. The van der Waals surface area contributed by atoms with Gasteiger partial charge in [0.15, 0.2) is 0 Å². The number of thioether (sulfide) groups is 2. The van der Waals surface area contributed by atoms with E-state index in [2.05, 4.69) is 19.1 Å². The molecule has 1 aliphatic rings. The summed E-state index contributed by atoms with van der Waals surface area (Å²) in [5.41, 5.74) is 3.31. The van der Waals surface area contributed by atoms with E-state index in [4.69, 9.17) is 22.4 Å². The van der Waals surface area contributed by atoms with Gasteiger partial charge in [-0.2, -0.15) is 5.10 Å². The first kappa shape index (κ1) is 23.3. The van der Waals surface area contributed by atoms with E-state index in [0.717, 1.165) is 51.3 Å². The van der Waals surface area contributed by atoms with Crippen LogP contribution in [-0.2, 0) is 9.59 Å². The number of carbonyl (C=O) groups excluding carboxylic acids is 1. The molecule has 0 bridgehead atoms. The van der Waals surface area contributed by atoms with Crippen LogP contribution in [0.1, 0.15) is 18.9 Å². The summed E-state index contributed by atoms with van der Waals surface area (Å²) in [4.78, 5) is 26.6. The lowest BCUT2D eigenvalue weighted by Gasteiger charge is -2.10. The van der Waals surface area contributed by atoms with Gasteiger partial charge in [0.05, 0.1) is 16.3 Å². The molecule has 2 aromatic carbocycles. The highest BCUT2D eigenvalue weighted by Gasteiger charge is 2.33. The van der Waals surface area contributed by atoms with Gasteiger partial charge in [0, 0.05) is 22.2 Å². The van der Waals surface area contributed by atoms with Crippen LogP contribution in [0.4, 0.5) is 0 Å². The number of para-hydroxylation sites is 1. The molecule has 0 saturated carbocycles. The molecule has 0 radical (unpaired) electrons. The Morgan fingerprint density at radius 3 is 2.58 bits per heavy atom. The second kappa shape index (κ2) is 10.4. The molecule has 1 fully saturated rings. The average Bonchev–Trinajstić information content (AvgIpc) is 3.35. The predicted molar refractivity (Wildman–Crippen MR) is 138 cm³/mol. The highest BCUT2D eigenvalue weighted by Crippen LogP contribution is 2.35. The highest BCUT2D eigenvalue weighted by molar-refractivity contribution is 8.26. The molecule has 1 N–H and O–H groups in total. The van der Waals surface area contributed by atoms with Crippen molar-refractivity contribution in [2.75, 3.05) is 12.3 Å². The van der Waals surface area contributed by atoms with E-state index >= 15 is 0 Å². The third-order valence-corrected chi connectivity index (χ3v) is 7.41. The van der Waals surface area contributed by atoms with Gasteiger partial charge in [-0.3, -0.25) is 14.5 Å². The van der Waals surface area contributed by atoms with E-state index in [-0.39, 0.29) is 4.32 Å². The Hall–Kier alpha value is -2.88. The van der Waals surface area contributed by atoms with E-state index in [0.29, 0.717) is 4.91 Å². The van der Waals surface area contributed by atoms with Crippen LogP contribution in [0.5, 0.6) is 0 Å². The van der Waals surface area contributed by atoms with E-state index in [1.807, 2.05) is 60.4 Å². The van der Waals surface area contributed by atoms with Gasteiger partial charge in [0.25, 0.3) is 5.91 Å². The summed E-state index contributed by atoms with van der Waals surface area (Å²) in [6.07, 6.45) is 4.72. The van der Waals surface area contributed by atoms with Gasteiger partial charge in [-0.05, 0) is 42.5 Å². The normalized spacial score (nSPS) is 14.9. The highest BCUT2D eigenvalue weighted by atomic mass is 32.2. The summed E-state index contributed by atoms with van der Waals surface area (Å²) in [5, 5.41) is 13.9. The summed E-state index contributed by atoms with van der Waals surface area (Å²) >= 11 is 8.14. The molecule has 1 aromatic heterocycles. The Bertz CT molecular complexity index is 1220. The van der Waals surface area contributed by atoms with Crippen molar-refractivity contribution in [2.45, 2.75) is 18.2 Å². The Morgan fingerprint density at radius 2 is 1.91 bits per heavy atom. The minimum Gasteiger partial charge on any atom is -0.480 e. The van der Waals surface area contributed by atoms with Crippen molar-refractivity contribution in [3.8, 4) is 16.9 Å². The zero-order valence-electron chi connectivity index (χ0n) is 17.8. The monoisotopic (exact) mass is 495 g/mol. The van der Waals surface area contributed by atoms with Crippen molar-refractivity contribution in [1.29, 1.82) is 0 Å². The summed E-state index contributed by atoms with van der Waals surface area (Å²) in [7, 11) is 0. The number of hydrogen-bond donors (Lipinski definition) is 1. The van der Waals surface area contributed by atoms with Crippen LogP contribution >= 0.6 is 35.7 Å². The summed E-state index contributed by atoms with van der Waals surface area (Å²) in [6.45, 7) is 1.71.